The molecular formula is C15H25O3PSn. The second-order valence-corrected chi connectivity index (χ2v) is 5.42. The molecule has 0 unspecified atom stereocenters. The normalized spacial score (nSPS) is 10.4. The summed E-state index contributed by atoms with van der Waals surface area (Å²) in [5.74, 6) is 0.476. The first-order valence-electron chi connectivity index (χ1n) is 7.14. The Morgan fingerprint density at radius 1 is 0.950 bits per heavy atom. The second kappa shape index (κ2) is 12.9. The summed E-state index contributed by atoms with van der Waals surface area (Å²) in [7, 11) is -2.82. The van der Waals surface area contributed by atoms with Crippen molar-refractivity contribution in [3.8, 4) is 5.75 Å². The van der Waals surface area contributed by atoms with Crippen LogP contribution in [0.1, 0.15) is 57.4 Å². The first-order valence-corrected chi connectivity index (χ1v) is 8.24. The molecule has 1 aromatic carbocycles. The Labute approximate surface area is 140 Å². The zero-order valence-electron chi connectivity index (χ0n) is 12.3. The Morgan fingerprint density at radius 3 is 2.20 bits per heavy atom. The quantitative estimate of drug-likeness (QED) is 0.343. The van der Waals surface area contributed by atoms with E-state index in [-0.39, 0.29) is 23.9 Å². The number of hydrogen-bond donors (Lipinski definition) is 0. The van der Waals surface area contributed by atoms with Crippen molar-refractivity contribution in [1.82, 2.24) is 0 Å². The van der Waals surface area contributed by atoms with Crippen LogP contribution in [0.5, 0.6) is 5.75 Å². The van der Waals surface area contributed by atoms with Gasteiger partial charge in [0.2, 0.25) is 0 Å². The number of hydrogen-bond acceptors (Lipinski definition) is 3. The van der Waals surface area contributed by atoms with Gasteiger partial charge in [-0.3, -0.25) is 0 Å². The third-order valence-electron chi connectivity index (χ3n) is 3.20. The van der Waals surface area contributed by atoms with Crippen LogP contribution in [0.25, 0.3) is 0 Å². The third-order valence-corrected chi connectivity index (χ3v) is 3.54. The molecule has 0 atom stereocenters. The van der Waals surface area contributed by atoms with Crippen LogP contribution < -0.4 is 14.3 Å². The van der Waals surface area contributed by atoms with E-state index in [0.717, 1.165) is 18.4 Å². The second-order valence-electron chi connectivity index (χ2n) is 4.79. The summed E-state index contributed by atoms with van der Waals surface area (Å²) in [4.78, 5) is 21.2. The van der Waals surface area contributed by atoms with E-state index < -0.39 is 8.60 Å². The molecule has 3 nitrogen and oxygen atoms in total. The molecule has 0 aromatic heterocycles. The molecule has 0 aliphatic heterocycles. The van der Waals surface area contributed by atoms with Crippen molar-refractivity contribution < 1.29 is 14.3 Å². The van der Waals surface area contributed by atoms with Gasteiger partial charge >= 0.3 is 23.9 Å². The third kappa shape index (κ3) is 9.17. The molecule has 0 fully saturated rings. The average Bonchev–Trinajstić information content (AvgIpc) is 2.39. The van der Waals surface area contributed by atoms with Gasteiger partial charge in [-0.05, 0) is 24.5 Å². The molecule has 0 aliphatic rings. The van der Waals surface area contributed by atoms with E-state index in [1.165, 1.54) is 38.5 Å². The first-order chi connectivity index (χ1) is 9.24. The van der Waals surface area contributed by atoms with Crippen molar-refractivity contribution in [2.24, 2.45) is 0 Å². The van der Waals surface area contributed by atoms with Gasteiger partial charge in [0.05, 0.1) is 0 Å². The van der Waals surface area contributed by atoms with Gasteiger partial charge in [0.15, 0.2) is 0 Å². The Kier molecular flexibility index (Phi) is 13.0. The van der Waals surface area contributed by atoms with Gasteiger partial charge in [-0.25, -0.2) is 0 Å². The molecule has 0 amide bonds. The van der Waals surface area contributed by atoms with Crippen LogP contribution in [-0.2, 0) is 6.42 Å². The van der Waals surface area contributed by atoms with Crippen LogP contribution in [0, 0.1) is 0 Å². The van der Waals surface area contributed by atoms with Crippen LogP contribution in [0.15, 0.2) is 24.3 Å². The number of benzene rings is 1. The van der Waals surface area contributed by atoms with E-state index in [0.29, 0.717) is 5.75 Å². The number of rotatable bonds is 10. The number of unbranched alkanes of at least 4 members (excludes halogenated alkanes) is 6. The maximum absolute atomic E-state index is 10.6. The average molecular weight is 403 g/mol. The summed E-state index contributed by atoms with van der Waals surface area (Å²) >= 11 is 0. The molecule has 0 saturated heterocycles. The fraction of sp³-hybridized carbons (Fsp3) is 0.600. The van der Waals surface area contributed by atoms with Crippen LogP contribution in [0.4, 0.5) is 0 Å². The summed E-state index contributed by atoms with van der Waals surface area (Å²) in [6, 6.07) is 7.36. The van der Waals surface area contributed by atoms with E-state index in [1.807, 2.05) is 12.1 Å². The summed E-state index contributed by atoms with van der Waals surface area (Å²) in [6.45, 7) is 2.22. The van der Waals surface area contributed by atoms with Gasteiger partial charge in [0.25, 0.3) is 0 Å². The van der Waals surface area contributed by atoms with Gasteiger partial charge in [0.1, 0.15) is 5.75 Å². The SMILES string of the molecule is CCCCCCCCCc1ccccc1OP([O-])[O-].[SnH2+2]. The first kappa shape index (κ1) is 20.2. The van der Waals surface area contributed by atoms with Crippen LogP contribution >= 0.6 is 8.60 Å². The molecule has 0 radical (unpaired) electrons. The van der Waals surface area contributed by atoms with Crippen molar-refractivity contribution in [1.29, 1.82) is 0 Å². The van der Waals surface area contributed by atoms with E-state index in [9.17, 15) is 9.79 Å². The number of aryl methyl sites for hydroxylation is 1. The van der Waals surface area contributed by atoms with E-state index in [2.05, 4.69) is 6.92 Å². The molecule has 0 bridgehead atoms. The Bertz CT molecular complexity index is 348. The Morgan fingerprint density at radius 2 is 1.55 bits per heavy atom. The molecule has 1 aromatic rings. The van der Waals surface area contributed by atoms with Crippen molar-refractivity contribution in [2.45, 2.75) is 58.3 Å². The maximum atomic E-state index is 10.6. The topological polar surface area (TPSA) is 55.3 Å². The molecular weight excluding hydrogens is 378 g/mol. The molecule has 0 heterocycles. The van der Waals surface area contributed by atoms with E-state index >= 15 is 0 Å². The zero-order chi connectivity index (χ0) is 13.9. The van der Waals surface area contributed by atoms with Crippen molar-refractivity contribution >= 4 is 32.5 Å². The van der Waals surface area contributed by atoms with E-state index in [1.54, 1.807) is 12.1 Å². The molecule has 20 heavy (non-hydrogen) atoms. The summed E-state index contributed by atoms with van der Waals surface area (Å²) in [5.41, 5.74) is 0.982. The van der Waals surface area contributed by atoms with Gasteiger partial charge in [-0.15, -0.1) is 0 Å². The van der Waals surface area contributed by atoms with E-state index in [4.69, 9.17) is 4.52 Å². The molecule has 0 N–H and O–H groups in total. The standard InChI is InChI=1S/C15H23O3P.Sn.2H/c1-2-3-4-5-6-7-8-11-14-12-9-10-13-15(14)18-19(16)17;;;/h9-10,12-13H,2-8,11H2,1H3;;;/q-2;+2;;. The zero-order valence-corrected chi connectivity index (χ0v) is 17.3. The van der Waals surface area contributed by atoms with Crippen molar-refractivity contribution in [2.75, 3.05) is 0 Å². The fourth-order valence-corrected chi connectivity index (χ4v) is 2.49. The monoisotopic (exact) mass is 404 g/mol. The van der Waals surface area contributed by atoms with Gasteiger partial charge in [-0.2, -0.15) is 0 Å². The van der Waals surface area contributed by atoms with Crippen molar-refractivity contribution in [3.05, 3.63) is 29.8 Å². The number of para-hydroxylation sites is 1. The molecule has 5 heteroatoms. The molecule has 0 spiro atoms. The molecule has 0 aliphatic carbocycles. The Balaban J connectivity index is 0.00000361. The molecule has 0 saturated carbocycles. The summed E-state index contributed by atoms with van der Waals surface area (Å²) in [5, 5.41) is 0. The predicted molar refractivity (Wildman–Crippen MR) is 84.2 cm³/mol. The van der Waals surface area contributed by atoms with Gasteiger partial charge in [-0.1, -0.05) is 72.3 Å². The van der Waals surface area contributed by atoms with Crippen molar-refractivity contribution in [3.63, 3.8) is 0 Å². The summed E-state index contributed by atoms with van der Waals surface area (Å²) < 4.78 is 4.81. The van der Waals surface area contributed by atoms with Gasteiger partial charge in [0, 0.05) is 0 Å². The predicted octanol–water partition coefficient (Wildman–Crippen LogP) is 2.39. The molecule has 1 rings (SSSR count). The fourth-order valence-electron chi connectivity index (χ4n) is 2.15. The van der Waals surface area contributed by atoms with Crippen LogP contribution in [-0.4, -0.2) is 23.9 Å². The minimum absolute atomic E-state index is 0. The molecule has 112 valence electrons. The van der Waals surface area contributed by atoms with Gasteiger partial charge < -0.3 is 14.3 Å². The summed E-state index contributed by atoms with van der Waals surface area (Å²) in [6.07, 6.45) is 9.66. The Hall–Kier alpha value is 0.169. The minimum atomic E-state index is -2.82. The van der Waals surface area contributed by atoms with Crippen LogP contribution in [0.2, 0.25) is 0 Å². The van der Waals surface area contributed by atoms with Crippen LogP contribution in [0.3, 0.4) is 0 Å².